The van der Waals surface area contributed by atoms with Gasteiger partial charge in [-0.15, -0.1) is 0 Å². The monoisotopic (exact) mass is 1380 g/mol. The van der Waals surface area contributed by atoms with Crippen LogP contribution in [0, 0.1) is 0 Å². The molecule has 35 atom stereocenters. The number of aromatic nitrogens is 1. The van der Waals surface area contributed by atoms with Crippen LogP contribution in [0.2, 0.25) is 0 Å². The van der Waals surface area contributed by atoms with E-state index in [0.29, 0.717) is 5.56 Å². The van der Waals surface area contributed by atoms with Gasteiger partial charge < -0.3 is 178 Å². The van der Waals surface area contributed by atoms with Gasteiger partial charge >= 0.3 is 0 Å². The highest BCUT2D eigenvalue weighted by Crippen LogP contribution is 2.39. The van der Waals surface area contributed by atoms with Gasteiger partial charge in [-0.2, -0.15) is 0 Å². The van der Waals surface area contributed by atoms with Gasteiger partial charge in [0.25, 0.3) is 5.91 Å². The van der Waals surface area contributed by atoms with Gasteiger partial charge in [-0.25, -0.2) is 0 Å². The minimum atomic E-state index is -2.30. The van der Waals surface area contributed by atoms with Crippen molar-refractivity contribution < 1.29 is 178 Å². The summed E-state index contributed by atoms with van der Waals surface area (Å²) in [5.41, 5.74) is 2.60. The summed E-state index contributed by atoms with van der Waals surface area (Å²) in [6.45, 7) is -7.21. The number of ether oxygens (including phenoxy) is 14. The van der Waals surface area contributed by atoms with Gasteiger partial charge in [-0.3, -0.25) is 4.79 Å². The van der Waals surface area contributed by atoms with Crippen molar-refractivity contribution in [2.75, 3.05) is 46.2 Å². The molecule has 0 unspecified atom stereocenters. The lowest BCUT2D eigenvalue weighted by molar-refractivity contribution is -0.396. The van der Waals surface area contributed by atoms with Crippen LogP contribution in [0.4, 0.5) is 0 Å². The summed E-state index contributed by atoms with van der Waals surface area (Å²) in [6.07, 6.45) is -72.1. The van der Waals surface area contributed by atoms with Gasteiger partial charge in [0.2, 0.25) is 5.76 Å². The molecule has 14 bridgehead atoms. The van der Waals surface area contributed by atoms with Gasteiger partial charge in [0.1, 0.15) is 177 Å². The highest BCUT2D eigenvalue weighted by Gasteiger charge is 2.60. The molecule has 0 aliphatic carbocycles. The van der Waals surface area contributed by atoms with Crippen molar-refractivity contribution in [3.8, 4) is 22.4 Å². The van der Waals surface area contributed by atoms with E-state index in [1.54, 1.807) is 12.1 Å². The molecule has 21 fully saturated rings. The number of hydrogen-bond acceptors (Lipinski definition) is 37. The summed E-state index contributed by atoms with van der Waals surface area (Å²) >= 11 is 0. The lowest BCUT2D eigenvalue weighted by atomic mass is 9.95. The summed E-state index contributed by atoms with van der Waals surface area (Å²) < 4.78 is 86.8. The third-order valence-electron chi connectivity index (χ3n) is 18.1. The molecule has 96 heavy (non-hydrogen) atoms. The molecule has 1 aromatic heterocycles. The number of amides is 1. The molecule has 38 nitrogen and oxygen atoms in total. The van der Waals surface area contributed by atoms with Crippen molar-refractivity contribution in [2.24, 2.45) is 0 Å². The van der Waals surface area contributed by atoms with Crippen LogP contribution < -0.4 is 5.32 Å². The van der Waals surface area contributed by atoms with E-state index in [1.165, 1.54) is 6.07 Å². The second-order valence-electron chi connectivity index (χ2n) is 24.2. The molecule has 1 amide bonds. The third kappa shape index (κ3) is 14.6. The molecular weight excluding hydrogens is 1300 g/mol. The number of aliphatic hydroxyl groups is 20. The first kappa shape index (κ1) is 73.0. The average molecular weight is 1380 g/mol. The van der Waals surface area contributed by atoms with Crippen molar-refractivity contribution in [3.63, 3.8) is 0 Å². The van der Waals surface area contributed by atoms with Crippen LogP contribution in [-0.4, -0.2) is 374 Å². The van der Waals surface area contributed by atoms with Crippen LogP contribution in [0.25, 0.3) is 22.4 Å². The van der Waals surface area contributed by atoms with Crippen molar-refractivity contribution in [1.29, 1.82) is 0 Å². The van der Waals surface area contributed by atoms with Gasteiger partial charge in [-0.1, -0.05) is 59.8 Å². The lowest BCUT2D eigenvalue weighted by Gasteiger charge is -2.50. The molecule has 24 rings (SSSR count). The first-order valence-corrected chi connectivity index (χ1v) is 30.8. The minimum Gasteiger partial charge on any atom is -0.394 e. The van der Waals surface area contributed by atoms with Crippen LogP contribution in [0.15, 0.2) is 65.2 Å². The van der Waals surface area contributed by atoms with Gasteiger partial charge in [0.05, 0.1) is 39.6 Å². The second kappa shape index (κ2) is 31.3. The number of aliphatic hydroxyl groups excluding tert-OH is 20. The molecule has 0 saturated carbocycles. The fourth-order valence-electron chi connectivity index (χ4n) is 12.7. The Morgan fingerprint density at radius 3 is 0.823 bits per heavy atom. The zero-order chi connectivity index (χ0) is 68.7. The Hall–Kier alpha value is -4.24. The van der Waals surface area contributed by atoms with Gasteiger partial charge in [0, 0.05) is 18.2 Å². The number of carbonyl (C=O) groups excluding carboxylic acids is 1. The van der Waals surface area contributed by atoms with Crippen molar-refractivity contribution in [2.45, 2.75) is 215 Å². The SMILES string of the molecule is O=C(NC[C@@H]1O[C@@H]2O[C@H]3[C@@H](O)[C@H](O)[C@@H](O[C@H]4[C@H](O)[C@H](O)[C@@H](O[C@H]5[C@H](O)[C@@H](O)[C@@H](O[C@H]6[C@H](O)[C@@H](O)[C@@H](O[C@H]7[C@H](O)[C@@H](O)[C@@H](O[C@H]8[C@H](O)[C@@H](O)[C@@H](O[C@H]1[C@H](O)[C@H]2O)O[C@H]8CO)O[C@H]7CO)O[C@H]6CO)O[C@@H]5CO)O[C@@H]4CO)O[C@@H]3CO)c1cc(-c2ccc(-c3ccccc3)cc2)no1. The van der Waals surface area contributed by atoms with E-state index in [9.17, 15) is 107 Å². The highest BCUT2D eigenvalue weighted by atomic mass is 16.8. The lowest BCUT2D eigenvalue weighted by Crippen LogP contribution is -2.68. The molecule has 3 aromatic rings. The van der Waals surface area contributed by atoms with Crippen LogP contribution in [0.5, 0.6) is 0 Å². The molecule has 21 aliphatic rings. The first-order valence-electron chi connectivity index (χ1n) is 30.8. The maximum absolute atomic E-state index is 13.9. The molecular formula is C58H80N2O36. The molecule has 38 heteroatoms. The van der Waals surface area contributed by atoms with E-state index in [4.69, 9.17) is 70.8 Å². The second-order valence-corrected chi connectivity index (χ2v) is 24.2. The molecule has 2 aromatic carbocycles. The Morgan fingerprint density at radius 1 is 0.312 bits per heavy atom. The van der Waals surface area contributed by atoms with E-state index in [0.717, 1.165) is 11.1 Å². The van der Waals surface area contributed by atoms with Gasteiger partial charge in [0.15, 0.2) is 44.0 Å². The third-order valence-corrected chi connectivity index (χ3v) is 18.1. The fourth-order valence-corrected chi connectivity index (χ4v) is 12.7. The minimum absolute atomic E-state index is 0.231. The Labute approximate surface area is 542 Å². The Morgan fingerprint density at radius 2 is 0.552 bits per heavy atom. The molecule has 0 radical (unpaired) electrons. The van der Waals surface area contributed by atoms with Crippen LogP contribution >= 0.6 is 0 Å². The zero-order valence-electron chi connectivity index (χ0n) is 50.4. The smallest absolute Gasteiger partial charge is 0.290 e. The maximum Gasteiger partial charge on any atom is 0.290 e. The normalized spacial score (nSPS) is 46.6. The van der Waals surface area contributed by atoms with Crippen molar-refractivity contribution in [3.05, 3.63) is 66.4 Å². The molecule has 22 heterocycles. The standard InChI is InChI=1S/C58H80N2O36/c61-12-24-45-32(69)39(76)54(84-24)92-47-26(14-63)86-56(41(78)34(47)71)94-49-28(16-65)88-58(43(80)36(49)73)95-50-29(17-66)87-57(42(79)35(50)72)93-48-27(15-64)85-55(40(77)33(48)70)91-46-25(13-62)83-53(38(75)31(46)68)89-44-23(82-52(90-45)37(74)30(44)67)11-59-51(81)22-10-21(60-96-22)20-8-6-19(7-9-20)18-4-2-1-3-5-18/h1-10,23-50,52-58,61-80H,11-17H2,(H,59,81)/t23-,24+,25-,26+,27-,28+,29-,30+,31+,32-,33+,34+,35+,36+,37+,38+,39-,40+,41-,42+,43+,44+,45+,46+,47+,48+,49+,50+,52+,53+,54+,55+,56+,57+,58+/m0/s1. The van der Waals surface area contributed by atoms with Crippen LogP contribution in [0.3, 0.4) is 0 Å². The topological polar surface area (TPSA) is 589 Å². The van der Waals surface area contributed by atoms with E-state index in [2.05, 4.69) is 10.5 Å². The number of nitrogens with zero attached hydrogens (tertiary/aromatic N) is 1. The van der Waals surface area contributed by atoms with Gasteiger partial charge in [-0.05, 0) is 11.1 Å². The highest BCUT2D eigenvalue weighted by molar-refractivity contribution is 5.92. The molecule has 21 aliphatic heterocycles. The number of rotatable bonds is 11. The number of hydrogen-bond donors (Lipinski definition) is 21. The number of benzene rings is 2. The zero-order valence-corrected chi connectivity index (χ0v) is 50.4. The Balaban J connectivity index is 0.875. The molecule has 21 saturated heterocycles. The molecule has 0 spiro atoms. The first-order chi connectivity index (χ1) is 46.0. The summed E-state index contributed by atoms with van der Waals surface area (Å²) in [5, 5.41) is 232. The summed E-state index contributed by atoms with van der Waals surface area (Å²) in [4.78, 5) is 13.9. The number of carbonyl (C=O) groups is 1. The Bertz CT molecular complexity index is 2930. The summed E-state index contributed by atoms with van der Waals surface area (Å²) in [7, 11) is 0. The average Bonchev–Trinajstić information content (AvgIpc) is 1.01. The molecule has 538 valence electrons. The van der Waals surface area contributed by atoms with E-state index < -0.39 is 267 Å². The van der Waals surface area contributed by atoms with Crippen LogP contribution in [-0.2, 0) is 66.3 Å². The quantitative estimate of drug-likeness (QED) is 0.0848. The predicted octanol–water partition coefficient (Wildman–Crippen LogP) is -11.5. The number of nitrogens with one attached hydrogen (secondary N) is 1. The van der Waals surface area contributed by atoms with Crippen LogP contribution in [0.1, 0.15) is 10.6 Å². The maximum atomic E-state index is 13.9. The van der Waals surface area contributed by atoms with E-state index in [1.807, 2.05) is 42.5 Å². The van der Waals surface area contributed by atoms with E-state index in [-0.39, 0.29) is 11.5 Å². The summed E-state index contributed by atoms with van der Waals surface area (Å²) in [5.74, 6) is -1.31. The predicted molar refractivity (Wildman–Crippen MR) is 301 cm³/mol. The van der Waals surface area contributed by atoms with E-state index >= 15 is 0 Å². The Kier molecular flexibility index (Phi) is 23.8. The van der Waals surface area contributed by atoms with Crippen molar-refractivity contribution in [1.82, 2.24) is 10.5 Å². The van der Waals surface area contributed by atoms with Crippen molar-refractivity contribution >= 4 is 5.91 Å². The summed E-state index contributed by atoms with van der Waals surface area (Å²) in [6, 6.07) is 17.9. The molecule has 21 N–H and O–H groups in total. The largest absolute Gasteiger partial charge is 0.394 e. The fraction of sp³-hybridized carbons (Fsp3) is 0.724.